The molecule has 6 nitrogen and oxygen atoms in total. The maximum Gasteiger partial charge on any atom is 0.416 e. The second kappa shape index (κ2) is 7.45. The van der Waals surface area contributed by atoms with Gasteiger partial charge in [-0.1, -0.05) is 11.6 Å². The summed E-state index contributed by atoms with van der Waals surface area (Å²) in [5.74, 6) is -2.30. The number of nitro benzene ring substituents is 1. The van der Waals surface area contributed by atoms with Crippen LogP contribution in [0.3, 0.4) is 0 Å². The first-order chi connectivity index (χ1) is 12.1. The Labute approximate surface area is 148 Å². The zero-order valence-corrected chi connectivity index (χ0v) is 13.4. The van der Waals surface area contributed by atoms with Crippen LogP contribution in [-0.2, 0) is 6.18 Å². The van der Waals surface area contributed by atoms with Crippen molar-refractivity contribution in [2.45, 2.75) is 6.18 Å². The number of alkyl halides is 3. The number of nitrogens with one attached hydrogen (secondary N) is 1. The quantitative estimate of drug-likeness (QED) is 0.331. The lowest BCUT2D eigenvalue weighted by atomic mass is 10.2. The molecule has 0 unspecified atom stereocenters. The molecule has 0 spiro atoms. The van der Waals surface area contributed by atoms with Gasteiger partial charge >= 0.3 is 6.18 Å². The third kappa shape index (κ3) is 4.31. The van der Waals surface area contributed by atoms with Gasteiger partial charge in [0.25, 0.3) is 5.69 Å². The first-order valence-corrected chi connectivity index (χ1v) is 7.14. The van der Waals surface area contributed by atoms with Crippen LogP contribution in [-0.4, -0.2) is 11.5 Å². The largest absolute Gasteiger partial charge is 0.452 e. The summed E-state index contributed by atoms with van der Waals surface area (Å²) >= 11 is 5.65. The van der Waals surface area contributed by atoms with E-state index in [1.165, 1.54) is 12.1 Å². The van der Waals surface area contributed by atoms with Gasteiger partial charge in [0.1, 0.15) is 18.0 Å². The molecule has 11 heteroatoms. The summed E-state index contributed by atoms with van der Waals surface area (Å²) in [7, 11) is 0. The van der Waals surface area contributed by atoms with Crippen molar-refractivity contribution >= 4 is 23.0 Å². The highest BCUT2D eigenvalue weighted by molar-refractivity contribution is 6.32. The van der Waals surface area contributed by atoms with E-state index < -0.39 is 38.9 Å². The molecule has 0 aliphatic carbocycles. The van der Waals surface area contributed by atoms with Crippen LogP contribution < -0.4 is 10.1 Å². The molecule has 0 heterocycles. The number of nitro groups is 1. The second-order valence-corrected chi connectivity index (χ2v) is 5.22. The minimum absolute atomic E-state index is 0.0166. The van der Waals surface area contributed by atoms with Crippen LogP contribution >= 0.6 is 11.6 Å². The first-order valence-electron chi connectivity index (χ1n) is 6.77. The van der Waals surface area contributed by atoms with Crippen LogP contribution in [0.25, 0.3) is 0 Å². The zero-order valence-electron chi connectivity index (χ0n) is 12.6. The van der Waals surface area contributed by atoms with E-state index in [0.29, 0.717) is 6.07 Å². The molecule has 0 saturated carbocycles. The van der Waals surface area contributed by atoms with Crippen molar-refractivity contribution in [1.82, 2.24) is 0 Å². The van der Waals surface area contributed by atoms with Gasteiger partial charge in [0.15, 0.2) is 11.6 Å². The van der Waals surface area contributed by atoms with Crippen molar-refractivity contribution in [2.24, 2.45) is 0 Å². The van der Waals surface area contributed by atoms with Gasteiger partial charge in [-0.05, 0) is 24.3 Å². The van der Waals surface area contributed by atoms with Crippen LogP contribution in [0.1, 0.15) is 5.56 Å². The Morgan fingerprint density at radius 1 is 1.31 bits per heavy atom. The number of rotatable bonds is 5. The highest BCUT2D eigenvalue weighted by atomic mass is 35.5. The van der Waals surface area contributed by atoms with E-state index in [0.717, 1.165) is 6.07 Å². The normalized spacial score (nSPS) is 10.9. The SMILES string of the molecule is N#CCNc1ccc(Oc2c(F)cc(C(F)(F)F)cc2Cl)cc1[N+](=O)[O-]. The summed E-state index contributed by atoms with van der Waals surface area (Å²) in [4.78, 5) is 10.3. The van der Waals surface area contributed by atoms with Crippen molar-refractivity contribution in [3.8, 4) is 17.6 Å². The lowest BCUT2D eigenvalue weighted by Crippen LogP contribution is -2.06. The van der Waals surface area contributed by atoms with Crippen molar-refractivity contribution in [3.63, 3.8) is 0 Å². The summed E-state index contributed by atoms with van der Waals surface area (Å²) in [6, 6.07) is 5.78. The highest BCUT2D eigenvalue weighted by Gasteiger charge is 2.32. The predicted octanol–water partition coefficient (Wildman–Crippen LogP) is 5.13. The Kier molecular flexibility index (Phi) is 5.52. The van der Waals surface area contributed by atoms with Gasteiger partial charge in [0, 0.05) is 0 Å². The number of benzene rings is 2. The molecule has 0 fully saturated rings. The van der Waals surface area contributed by atoms with Crippen molar-refractivity contribution in [3.05, 3.63) is 56.8 Å². The summed E-state index contributed by atoms with van der Waals surface area (Å²) in [6.45, 7) is -0.194. The standard InChI is InChI=1S/C15H8ClF4N3O3/c16-10-5-8(15(18,19)20)6-11(17)14(10)26-9-1-2-12(22-4-3-21)13(7-9)23(24)25/h1-2,5-7,22H,4H2. The third-order valence-electron chi connectivity index (χ3n) is 3.07. The minimum atomic E-state index is -4.80. The Balaban J connectivity index is 2.38. The van der Waals surface area contributed by atoms with Crippen LogP contribution in [0.5, 0.6) is 11.5 Å². The fourth-order valence-electron chi connectivity index (χ4n) is 1.95. The average molecular weight is 390 g/mol. The molecule has 136 valence electrons. The van der Waals surface area contributed by atoms with Crippen LogP contribution in [0, 0.1) is 27.3 Å². The molecule has 0 bridgehead atoms. The number of hydrogen-bond donors (Lipinski definition) is 1. The van der Waals surface area contributed by atoms with E-state index in [2.05, 4.69) is 5.32 Å². The summed E-state index contributed by atoms with van der Waals surface area (Å²) in [6.07, 6.45) is -4.80. The molecule has 0 aliphatic rings. The average Bonchev–Trinajstić information content (AvgIpc) is 2.55. The summed E-state index contributed by atoms with van der Waals surface area (Å²) < 4.78 is 56.9. The van der Waals surface area contributed by atoms with Crippen molar-refractivity contribution in [2.75, 3.05) is 11.9 Å². The van der Waals surface area contributed by atoms with Gasteiger partial charge in [0.05, 0.1) is 27.6 Å². The van der Waals surface area contributed by atoms with E-state index >= 15 is 0 Å². The Hall–Kier alpha value is -3.06. The summed E-state index contributed by atoms with van der Waals surface area (Å²) in [5.41, 5.74) is -1.75. The monoisotopic (exact) mass is 389 g/mol. The van der Waals surface area contributed by atoms with E-state index in [-0.39, 0.29) is 24.0 Å². The molecule has 0 saturated heterocycles. The Bertz CT molecular complexity index is 874. The Morgan fingerprint density at radius 2 is 2.00 bits per heavy atom. The fraction of sp³-hybridized carbons (Fsp3) is 0.133. The van der Waals surface area contributed by atoms with Gasteiger partial charge in [-0.2, -0.15) is 18.4 Å². The Morgan fingerprint density at radius 3 is 2.54 bits per heavy atom. The van der Waals surface area contributed by atoms with E-state index in [9.17, 15) is 27.7 Å². The predicted molar refractivity (Wildman–Crippen MR) is 83.7 cm³/mol. The van der Waals surface area contributed by atoms with Gasteiger partial charge < -0.3 is 10.1 Å². The van der Waals surface area contributed by atoms with Crippen LogP contribution in [0.15, 0.2) is 30.3 Å². The van der Waals surface area contributed by atoms with Crippen molar-refractivity contribution in [1.29, 1.82) is 5.26 Å². The molecule has 0 amide bonds. The maximum absolute atomic E-state index is 13.9. The molecule has 2 aromatic rings. The molecule has 0 aromatic heterocycles. The number of ether oxygens (including phenoxy) is 1. The van der Waals surface area contributed by atoms with Gasteiger partial charge in [0.2, 0.25) is 0 Å². The van der Waals surface area contributed by atoms with Crippen molar-refractivity contribution < 1.29 is 27.2 Å². The smallest absolute Gasteiger partial charge is 0.416 e. The molecule has 2 rings (SSSR count). The first kappa shape index (κ1) is 19.3. The second-order valence-electron chi connectivity index (χ2n) is 4.82. The zero-order chi connectivity index (χ0) is 19.5. The molecule has 26 heavy (non-hydrogen) atoms. The number of hydrogen-bond acceptors (Lipinski definition) is 5. The molecule has 0 aliphatic heterocycles. The molecule has 2 aromatic carbocycles. The molecule has 1 N–H and O–H groups in total. The number of nitrogens with zero attached hydrogens (tertiary/aromatic N) is 2. The molecule has 0 radical (unpaired) electrons. The number of halogens is 5. The number of anilines is 1. The third-order valence-corrected chi connectivity index (χ3v) is 3.35. The minimum Gasteiger partial charge on any atom is -0.452 e. The van der Waals surface area contributed by atoms with Gasteiger partial charge in [-0.25, -0.2) is 4.39 Å². The van der Waals surface area contributed by atoms with Crippen LogP contribution in [0.2, 0.25) is 5.02 Å². The van der Waals surface area contributed by atoms with E-state index in [1.807, 2.05) is 0 Å². The van der Waals surface area contributed by atoms with Crippen LogP contribution in [0.4, 0.5) is 28.9 Å². The fourth-order valence-corrected chi connectivity index (χ4v) is 2.20. The molecular formula is C15H8ClF4N3O3. The molecular weight excluding hydrogens is 382 g/mol. The molecule has 0 atom stereocenters. The summed E-state index contributed by atoms with van der Waals surface area (Å²) in [5, 5.41) is 21.4. The topological polar surface area (TPSA) is 88.2 Å². The lowest BCUT2D eigenvalue weighted by molar-refractivity contribution is -0.384. The maximum atomic E-state index is 13.9. The number of nitriles is 1. The van der Waals surface area contributed by atoms with E-state index in [1.54, 1.807) is 6.07 Å². The lowest BCUT2D eigenvalue weighted by Gasteiger charge is -2.13. The van der Waals surface area contributed by atoms with Gasteiger partial charge in [-0.3, -0.25) is 10.1 Å². The van der Waals surface area contributed by atoms with Gasteiger partial charge in [-0.15, -0.1) is 0 Å². The highest BCUT2D eigenvalue weighted by Crippen LogP contribution is 2.39. The van der Waals surface area contributed by atoms with E-state index in [4.69, 9.17) is 21.6 Å².